The Morgan fingerprint density at radius 2 is 2.09 bits per heavy atom. The largest absolute Gasteiger partial charge is 0.417 e. The second kappa shape index (κ2) is 6.99. The van der Waals surface area contributed by atoms with Crippen molar-refractivity contribution in [1.82, 2.24) is 25.1 Å². The van der Waals surface area contributed by atoms with Gasteiger partial charge in [-0.25, -0.2) is 4.98 Å². The lowest BCUT2D eigenvalue weighted by atomic mass is 10.3. The Balaban J connectivity index is 2.15. The molecule has 0 saturated heterocycles. The van der Waals surface area contributed by atoms with Gasteiger partial charge in [0.1, 0.15) is 5.03 Å². The third-order valence-corrected chi connectivity index (χ3v) is 3.80. The maximum Gasteiger partial charge on any atom is 0.417 e. The fourth-order valence-electron chi connectivity index (χ4n) is 1.75. The molecule has 2 rings (SSSR count). The van der Waals surface area contributed by atoms with Gasteiger partial charge >= 0.3 is 6.18 Å². The molecule has 0 aromatic carbocycles. The number of nitrogens with one attached hydrogen (secondary N) is 1. The summed E-state index contributed by atoms with van der Waals surface area (Å²) in [5.74, 6) is 0.381. The Morgan fingerprint density at radius 1 is 1.35 bits per heavy atom. The monoisotopic (exact) mass is 345 g/mol. The van der Waals surface area contributed by atoms with Crippen molar-refractivity contribution >= 4 is 17.7 Å². The van der Waals surface area contributed by atoms with Crippen LogP contribution in [-0.4, -0.2) is 25.7 Å². The number of rotatable bonds is 5. The van der Waals surface area contributed by atoms with Crippen LogP contribution < -0.4 is 5.32 Å². The van der Waals surface area contributed by atoms with E-state index in [4.69, 9.17) is 0 Å². The molecule has 0 atom stereocenters. The first kappa shape index (κ1) is 17.3. The molecular weight excluding hydrogens is 331 g/mol. The number of halogens is 3. The molecule has 2 aromatic heterocycles. The molecule has 23 heavy (non-hydrogen) atoms. The van der Waals surface area contributed by atoms with Gasteiger partial charge in [0.05, 0.1) is 12.1 Å². The van der Waals surface area contributed by atoms with E-state index in [0.29, 0.717) is 22.6 Å². The molecule has 0 unspecified atom stereocenters. The minimum absolute atomic E-state index is 0.186. The molecule has 1 N–H and O–H groups in total. The van der Waals surface area contributed by atoms with E-state index in [2.05, 4.69) is 20.5 Å². The second-order valence-electron chi connectivity index (χ2n) is 4.54. The Kier molecular flexibility index (Phi) is 5.24. The molecule has 0 aliphatic rings. The summed E-state index contributed by atoms with van der Waals surface area (Å²) in [4.78, 5) is 14.7. The Labute approximate surface area is 134 Å². The Bertz CT molecular complexity index is 684. The van der Waals surface area contributed by atoms with Crippen molar-refractivity contribution in [2.75, 3.05) is 0 Å². The molecule has 0 radical (unpaired) electrons. The average molecular weight is 345 g/mol. The second-order valence-corrected chi connectivity index (χ2v) is 5.53. The Hall–Kier alpha value is -2.10. The van der Waals surface area contributed by atoms with E-state index in [1.54, 1.807) is 4.57 Å². The van der Waals surface area contributed by atoms with Crippen LogP contribution in [-0.2, 0) is 24.1 Å². The molecule has 124 valence electrons. The first-order valence-corrected chi connectivity index (χ1v) is 7.50. The van der Waals surface area contributed by atoms with Crippen molar-refractivity contribution in [3.63, 3.8) is 0 Å². The molecule has 6 nitrogen and oxygen atoms in total. The molecule has 2 heterocycles. The highest BCUT2D eigenvalue weighted by molar-refractivity contribution is 7.99. The van der Waals surface area contributed by atoms with Crippen molar-refractivity contribution in [3.8, 4) is 0 Å². The van der Waals surface area contributed by atoms with E-state index < -0.39 is 11.7 Å². The van der Waals surface area contributed by atoms with Crippen molar-refractivity contribution < 1.29 is 18.0 Å². The van der Waals surface area contributed by atoms with Gasteiger partial charge in [-0.3, -0.25) is 4.79 Å². The highest BCUT2D eigenvalue weighted by atomic mass is 32.2. The van der Waals surface area contributed by atoms with Crippen LogP contribution in [0, 0.1) is 0 Å². The average Bonchev–Trinajstić information content (AvgIpc) is 2.86. The van der Waals surface area contributed by atoms with Gasteiger partial charge in [0.25, 0.3) is 0 Å². The lowest BCUT2D eigenvalue weighted by molar-refractivity contribution is -0.137. The van der Waals surface area contributed by atoms with Gasteiger partial charge < -0.3 is 9.88 Å². The van der Waals surface area contributed by atoms with Crippen molar-refractivity contribution in [2.45, 2.75) is 43.3 Å². The number of carbonyl (C=O) groups is 1. The lowest BCUT2D eigenvalue weighted by Crippen LogP contribution is -2.21. The van der Waals surface area contributed by atoms with Crippen molar-refractivity contribution in [1.29, 1.82) is 0 Å². The van der Waals surface area contributed by atoms with E-state index in [-0.39, 0.29) is 12.5 Å². The summed E-state index contributed by atoms with van der Waals surface area (Å²) in [6.07, 6.45) is -3.63. The quantitative estimate of drug-likeness (QED) is 0.901. The number of amides is 1. The maximum atomic E-state index is 12.5. The normalized spacial score (nSPS) is 11.5. The summed E-state index contributed by atoms with van der Waals surface area (Å²) in [5.41, 5.74) is -0.801. The summed E-state index contributed by atoms with van der Waals surface area (Å²) in [7, 11) is 0. The molecule has 10 heteroatoms. The predicted octanol–water partition coefficient (Wildman–Crippen LogP) is 2.50. The highest BCUT2D eigenvalue weighted by Crippen LogP contribution is 2.31. The van der Waals surface area contributed by atoms with Crippen LogP contribution in [0.2, 0.25) is 0 Å². The number of carbonyl (C=O) groups excluding carboxylic acids is 1. The molecule has 0 saturated carbocycles. The number of alkyl halides is 3. The fraction of sp³-hybridized carbons (Fsp3) is 0.385. The van der Waals surface area contributed by atoms with Gasteiger partial charge in [0.2, 0.25) is 5.91 Å². The summed E-state index contributed by atoms with van der Waals surface area (Å²) >= 11 is 1.11. The zero-order chi connectivity index (χ0) is 17.0. The van der Waals surface area contributed by atoms with Crippen LogP contribution in [0.4, 0.5) is 13.2 Å². The molecule has 0 bridgehead atoms. The minimum atomic E-state index is -4.41. The number of aromatic nitrogens is 4. The van der Waals surface area contributed by atoms with E-state index in [9.17, 15) is 18.0 Å². The minimum Gasteiger partial charge on any atom is -0.349 e. The number of hydrogen-bond donors (Lipinski definition) is 1. The molecule has 0 spiro atoms. The van der Waals surface area contributed by atoms with Gasteiger partial charge in [-0.05, 0) is 30.8 Å². The highest BCUT2D eigenvalue weighted by Gasteiger charge is 2.30. The van der Waals surface area contributed by atoms with E-state index in [1.165, 1.54) is 13.0 Å². The predicted molar refractivity (Wildman–Crippen MR) is 76.6 cm³/mol. The summed E-state index contributed by atoms with van der Waals surface area (Å²) < 4.78 is 39.3. The van der Waals surface area contributed by atoms with Crippen LogP contribution in [0.15, 0.2) is 28.5 Å². The van der Waals surface area contributed by atoms with E-state index >= 15 is 0 Å². The van der Waals surface area contributed by atoms with E-state index in [0.717, 1.165) is 24.0 Å². The van der Waals surface area contributed by atoms with Gasteiger partial charge in [-0.2, -0.15) is 13.2 Å². The van der Waals surface area contributed by atoms with Crippen LogP contribution in [0.5, 0.6) is 0 Å². The first-order chi connectivity index (χ1) is 10.8. The van der Waals surface area contributed by atoms with Crippen LogP contribution in [0.25, 0.3) is 0 Å². The smallest absolute Gasteiger partial charge is 0.349 e. The van der Waals surface area contributed by atoms with Gasteiger partial charge in [-0.15, -0.1) is 10.2 Å². The fourth-order valence-corrected chi connectivity index (χ4v) is 2.60. The van der Waals surface area contributed by atoms with Crippen LogP contribution >= 0.6 is 11.8 Å². The molecule has 0 fully saturated rings. The number of pyridine rings is 1. The van der Waals surface area contributed by atoms with Crippen LogP contribution in [0.1, 0.15) is 25.2 Å². The first-order valence-electron chi connectivity index (χ1n) is 6.69. The van der Waals surface area contributed by atoms with Gasteiger partial charge in [0, 0.05) is 19.7 Å². The summed E-state index contributed by atoms with van der Waals surface area (Å²) in [5, 5.41) is 11.5. The SMILES string of the molecule is CCn1c(CNC(C)=O)nnc1Sc1ccc(C(F)(F)F)cn1. The maximum absolute atomic E-state index is 12.5. The van der Waals surface area contributed by atoms with Crippen molar-refractivity contribution in [3.05, 3.63) is 29.7 Å². The number of hydrogen-bond acceptors (Lipinski definition) is 5. The molecule has 2 aromatic rings. The van der Waals surface area contributed by atoms with Gasteiger partial charge in [0.15, 0.2) is 11.0 Å². The van der Waals surface area contributed by atoms with Crippen molar-refractivity contribution in [2.24, 2.45) is 0 Å². The van der Waals surface area contributed by atoms with Gasteiger partial charge in [-0.1, -0.05) is 0 Å². The summed E-state index contributed by atoms with van der Waals surface area (Å²) in [6.45, 7) is 4.07. The van der Waals surface area contributed by atoms with Crippen LogP contribution in [0.3, 0.4) is 0 Å². The standard InChI is InChI=1S/C13H14F3N5OS/c1-3-21-10(7-17-8(2)22)19-20-12(21)23-11-5-4-9(6-18-11)13(14,15)16/h4-6H,3,7H2,1-2H3,(H,17,22). The topological polar surface area (TPSA) is 72.7 Å². The Morgan fingerprint density at radius 3 is 2.61 bits per heavy atom. The zero-order valence-electron chi connectivity index (χ0n) is 12.4. The molecular formula is C13H14F3N5OS. The third-order valence-electron chi connectivity index (χ3n) is 2.86. The summed E-state index contributed by atoms with van der Waals surface area (Å²) in [6, 6.07) is 2.26. The molecule has 1 amide bonds. The lowest BCUT2D eigenvalue weighted by Gasteiger charge is -2.08. The number of nitrogens with zero attached hydrogens (tertiary/aromatic N) is 4. The van der Waals surface area contributed by atoms with E-state index in [1.807, 2.05) is 6.92 Å². The zero-order valence-corrected chi connectivity index (χ0v) is 13.2. The third kappa shape index (κ3) is 4.44. The molecule has 0 aliphatic carbocycles. The molecule has 0 aliphatic heterocycles.